The second-order valence-corrected chi connectivity index (χ2v) is 4.28. The van der Waals surface area contributed by atoms with Crippen molar-refractivity contribution in [3.63, 3.8) is 0 Å². The van der Waals surface area contributed by atoms with E-state index in [1.165, 1.54) is 0 Å². The summed E-state index contributed by atoms with van der Waals surface area (Å²) in [6.07, 6.45) is 3.47. The van der Waals surface area contributed by atoms with E-state index in [-0.39, 0.29) is 6.04 Å². The van der Waals surface area contributed by atoms with Crippen LogP contribution in [0.5, 0.6) is 0 Å². The van der Waals surface area contributed by atoms with Gasteiger partial charge in [-0.1, -0.05) is 6.07 Å². The molecule has 0 spiro atoms. The Labute approximate surface area is 111 Å². The number of nitrogens with two attached hydrogens (primary N) is 2. The van der Waals surface area contributed by atoms with Crippen LogP contribution in [0.2, 0.25) is 0 Å². The first-order valence-electron chi connectivity index (χ1n) is 5.94. The summed E-state index contributed by atoms with van der Waals surface area (Å²) < 4.78 is 0. The first kappa shape index (κ1) is 12.9. The number of hydrogen-bond donors (Lipinski definition) is 3. The molecule has 1 aromatic heterocycles. The molecule has 2 rings (SSSR count). The number of hydrogen-bond acceptors (Lipinski definition) is 4. The number of pyridine rings is 1. The maximum absolute atomic E-state index is 11.2. The van der Waals surface area contributed by atoms with Crippen LogP contribution in [0.25, 0.3) is 0 Å². The van der Waals surface area contributed by atoms with Crippen molar-refractivity contribution in [2.24, 2.45) is 5.73 Å². The highest BCUT2D eigenvalue weighted by molar-refractivity contribution is 6.00. The van der Waals surface area contributed by atoms with E-state index >= 15 is 0 Å². The van der Waals surface area contributed by atoms with Gasteiger partial charge in [0, 0.05) is 18.4 Å². The number of amides is 1. The number of nitrogens with one attached hydrogen (secondary N) is 1. The van der Waals surface area contributed by atoms with Gasteiger partial charge in [-0.25, -0.2) is 0 Å². The molecule has 1 atom stereocenters. The van der Waals surface area contributed by atoms with Crippen LogP contribution < -0.4 is 16.8 Å². The molecular formula is C14H16N4O. The summed E-state index contributed by atoms with van der Waals surface area (Å²) in [5.74, 6) is -0.530. The standard InChI is InChI=1S/C14H16N4O/c1-9(10-5-7-17-8-6-10)18-12-4-2-3-11(13(12)15)14(16)19/h2-9,18H,15H2,1H3,(H2,16,19). The van der Waals surface area contributed by atoms with Crippen LogP contribution >= 0.6 is 0 Å². The summed E-state index contributed by atoms with van der Waals surface area (Å²) in [5.41, 5.74) is 13.7. The van der Waals surface area contributed by atoms with Crippen molar-refractivity contribution in [3.05, 3.63) is 53.9 Å². The van der Waals surface area contributed by atoms with Crippen molar-refractivity contribution < 1.29 is 4.79 Å². The molecular weight excluding hydrogens is 240 g/mol. The topological polar surface area (TPSA) is 94.0 Å². The fourth-order valence-electron chi connectivity index (χ4n) is 1.87. The zero-order valence-electron chi connectivity index (χ0n) is 10.6. The van der Waals surface area contributed by atoms with Gasteiger partial charge in [0.25, 0.3) is 5.91 Å². The third kappa shape index (κ3) is 2.82. The Bertz CT molecular complexity index is 583. The van der Waals surface area contributed by atoms with E-state index in [1.54, 1.807) is 24.5 Å². The van der Waals surface area contributed by atoms with Gasteiger partial charge in [-0.05, 0) is 36.8 Å². The zero-order chi connectivity index (χ0) is 13.8. The van der Waals surface area contributed by atoms with Gasteiger partial charge in [-0.3, -0.25) is 9.78 Å². The average molecular weight is 256 g/mol. The van der Waals surface area contributed by atoms with E-state index in [0.29, 0.717) is 16.9 Å². The number of primary amides is 1. The normalized spacial score (nSPS) is 11.8. The van der Waals surface area contributed by atoms with E-state index in [4.69, 9.17) is 11.5 Å². The molecule has 0 fully saturated rings. The fourth-order valence-corrected chi connectivity index (χ4v) is 1.87. The number of carbonyl (C=O) groups is 1. The molecule has 0 aliphatic carbocycles. The average Bonchev–Trinajstić information content (AvgIpc) is 2.41. The lowest BCUT2D eigenvalue weighted by atomic mass is 10.1. The number of para-hydroxylation sites is 1. The number of nitrogen functional groups attached to an aromatic ring is 1. The molecule has 5 nitrogen and oxygen atoms in total. The third-order valence-corrected chi connectivity index (χ3v) is 2.95. The number of aromatic nitrogens is 1. The molecule has 1 amide bonds. The predicted molar refractivity (Wildman–Crippen MR) is 75.6 cm³/mol. The molecule has 1 heterocycles. The lowest BCUT2D eigenvalue weighted by molar-refractivity contribution is 0.100. The molecule has 2 aromatic rings. The first-order valence-corrected chi connectivity index (χ1v) is 5.94. The predicted octanol–water partition coefficient (Wildman–Crippen LogP) is 1.94. The van der Waals surface area contributed by atoms with Crippen LogP contribution in [0.1, 0.15) is 28.9 Å². The molecule has 1 aromatic carbocycles. The fraction of sp³-hybridized carbons (Fsp3) is 0.143. The number of rotatable bonds is 4. The molecule has 0 aliphatic rings. The maximum atomic E-state index is 11.2. The van der Waals surface area contributed by atoms with Gasteiger partial charge in [0.15, 0.2) is 0 Å². The van der Waals surface area contributed by atoms with Crippen molar-refractivity contribution >= 4 is 17.3 Å². The van der Waals surface area contributed by atoms with Gasteiger partial charge in [0.05, 0.1) is 16.9 Å². The Morgan fingerprint density at radius 1 is 1.26 bits per heavy atom. The van der Waals surface area contributed by atoms with Gasteiger partial charge in [0.1, 0.15) is 0 Å². The molecule has 0 radical (unpaired) electrons. The maximum Gasteiger partial charge on any atom is 0.250 e. The van der Waals surface area contributed by atoms with E-state index < -0.39 is 5.91 Å². The minimum Gasteiger partial charge on any atom is -0.396 e. The van der Waals surface area contributed by atoms with Crippen LogP contribution in [0.15, 0.2) is 42.7 Å². The Morgan fingerprint density at radius 3 is 2.58 bits per heavy atom. The lowest BCUT2D eigenvalue weighted by Crippen LogP contribution is -2.15. The summed E-state index contributed by atoms with van der Waals surface area (Å²) in [6, 6.07) is 9.07. The lowest BCUT2D eigenvalue weighted by Gasteiger charge is -2.18. The van der Waals surface area contributed by atoms with Crippen LogP contribution in [0, 0.1) is 0 Å². The molecule has 0 saturated carbocycles. The quantitative estimate of drug-likeness (QED) is 0.728. The smallest absolute Gasteiger partial charge is 0.250 e. The van der Waals surface area contributed by atoms with E-state index in [1.807, 2.05) is 25.1 Å². The van der Waals surface area contributed by atoms with Gasteiger partial charge >= 0.3 is 0 Å². The summed E-state index contributed by atoms with van der Waals surface area (Å²) in [4.78, 5) is 15.2. The summed E-state index contributed by atoms with van der Waals surface area (Å²) >= 11 is 0. The minimum atomic E-state index is -0.530. The van der Waals surface area contributed by atoms with Gasteiger partial charge < -0.3 is 16.8 Å². The van der Waals surface area contributed by atoms with Crippen LogP contribution in [-0.2, 0) is 0 Å². The Kier molecular flexibility index (Phi) is 3.66. The molecule has 0 bridgehead atoms. The highest BCUT2D eigenvalue weighted by Gasteiger charge is 2.11. The van der Waals surface area contributed by atoms with Crippen LogP contribution in [0.4, 0.5) is 11.4 Å². The van der Waals surface area contributed by atoms with Crippen molar-refractivity contribution in [1.82, 2.24) is 4.98 Å². The molecule has 0 aliphatic heterocycles. The molecule has 1 unspecified atom stereocenters. The van der Waals surface area contributed by atoms with Crippen LogP contribution in [0.3, 0.4) is 0 Å². The minimum absolute atomic E-state index is 0.0495. The zero-order valence-corrected chi connectivity index (χ0v) is 10.6. The summed E-state index contributed by atoms with van der Waals surface area (Å²) in [7, 11) is 0. The summed E-state index contributed by atoms with van der Waals surface area (Å²) in [6.45, 7) is 2.01. The van der Waals surface area contributed by atoms with Crippen molar-refractivity contribution in [2.45, 2.75) is 13.0 Å². The van der Waals surface area contributed by atoms with Gasteiger partial charge in [-0.15, -0.1) is 0 Å². The SMILES string of the molecule is CC(Nc1cccc(C(N)=O)c1N)c1ccncc1. The monoisotopic (exact) mass is 256 g/mol. The number of carbonyl (C=O) groups excluding carboxylic acids is 1. The number of benzene rings is 1. The molecule has 5 N–H and O–H groups in total. The van der Waals surface area contributed by atoms with E-state index in [2.05, 4.69) is 10.3 Å². The highest BCUT2D eigenvalue weighted by Crippen LogP contribution is 2.26. The Morgan fingerprint density at radius 2 is 1.95 bits per heavy atom. The van der Waals surface area contributed by atoms with Crippen molar-refractivity contribution in [1.29, 1.82) is 0 Å². The molecule has 19 heavy (non-hydrogen) atoms. The Hall–Kier alpha value is -2.56. The molecule has 5 heteroatoms. The van der Waals surface area contributed by atoms with E-state index in [0.717, 1.165) is 5.56 Å². The van der Waals surface area contributed by atoms with Crippen LogP contribution in [-0.4, -0.2) is 10.9 Å². The Balaban J connectivity index is 2.25. The third-order valence-electron chi connectivity index (χ3n) is 2.95. The van der Waals surface area contributed by atoms with Crippen molar-refractivity contribution in [2.75, 3.05) is 11.1 Å². The number of anilines is 2. The van der Waals surface area contributed by atoms with Gasteiger partial charge in [0.2, 0.25) is 0 Å². The second kappa shape index (κ2) is 5.39. The van der Waals surface area contributed by atoms with Gasteiger partial charge in [-0.2, -0.15) is 0 Å². The molecule has 0 saturated heterocycles. The van der Waals surface area contributed by atoms with Crippen molar-refractivity contribution in [3.8, 4) is 0 Å². The first-order chi connectivity index (χ1) is 9.09. The summed E-state index contributed by atoms with van der Waals surface area (Å²) in [5, 5.41) is 3.26. The highest BCUT2D eigenvalue weighted by atomic mass is 16.1. The largest absolute Gasteiger partial charge is 0.396 e. The molecule has 98 valence electrons. The number of nitrogens with zero attached hydrogens (tertiary/aromatic N) is 1. The second-order valence-electron chi connectivity index (χ2n) is 4.28. The van der Waals surface area contributed by atoms with E-state index in [9.17, 15) is 4.79 Å².